The van der Waals surface area contributed by atoms with E-state index in [1.807, 2.05) is 24.4 Å². The zero-order valence-electron chi connectivity index (χ0n) is 14.4. The topological polar surface area (TPSA) is 59.1 Å². The van der Waals surface area contributed by atoms with Crippen LogP contribution in [0.1, 0.15) is 11.8 Å². The van der Waals surface area contributed by atoms with Crippen molar-refractivity contribution >= 4 is 23.1 Å². The maximum absolute atomic E-state index is 12.5. The lowest BCUT2D eigenvalue weighted by Gasteiger charge is -2.12. The third-order valence-electron chi connectivity index (χ3n) is 3.45. The van der Waals surface area contributed by atoms with Gasteiger partial charge in [-0.05, 0) is 30.5 Å². The van der Waals surface area contributed by atoms with Gasteiger partial charge in [0, 0.05) is 23.1 Å². The summed E-state index contributed by atoms with van der Waals surface area (Å²) in [6, 6.07) is 11.4. The molecule has 0 aliphatic rings. The minimum Gasteiger partial charge on any atom is -0.406 e. The zero-order valence-corrected chi connectivity index (χ0v) is 15.2. The van der Waals surface area contributed by atoms with Gasteiger partial charge in [0.2, 0.25) is 5.95 Å². The molecule has 5 nitrogen and oxygen atoms in total. The molecule has 0 fully saturated rings. The van der Waals surface area contributed by atoms with Crippen LogP contribution in [0.2, 0.25) is 0 Å². The Morgan fingerprint density at radius 1 is 1.07 bits per heavy atom. The number of anilines is 2. The smallest absolute Gasteiger partial charge is 0.406 e. The van der Waals surface area contributed by atoms with Gasteiger partial charge in [-0.15, -0.1) is 24.5 Å². The van der Waals surface area contributed by atoms with E-state index in [1.165, 1.54) is 18.2 Å². The second-order valence-corrected chi connectivity index (χ2v) is 6.53. The predicted octanol–water partition coefficient (Wildman–Crippen LogP) is 5.15. The molecule has 0 atom stereocenters. The van der Waals surface area contributed by atoms with Crippen molar-refractivity contribution < 1.29 is 17.9 Å². The second kappa shape index (κ2) is 8.26. The van der Waals surface area contributed by atoms with Crippen LogP contribution < -0.4 is 15.4 Å². The van der Waals surface area contributed by atoms with E-state index in [0.29, 0.717) is 36.1 Å². The van der Waals surface area contributed by atoms with Gasteiger partial charge < -0.3 is 15.4 Å². The molecule has 2 N–H and O–H groups in total. The number of nitrogens with one attached hydrogen (secondary N) is 2. The molecule has 27 heavy (non-hydrogen) atoms. The molecule has 0 aliphatic heterocycles. The van der Waals surface area contributed by atoms with Gasteiger partial charge in [-0.25, -0.2) is 4.98 Å². The molecular weight excluding hydrogens is 377 g/mol. The minimum atomic E-state index is -4.74. The van der Waals surface area contributed by atoms with E-state index in [2.05, 4.69) is 25.3 Å². The minimum absolute atomic E-state index is 0.295. The van der Waals surface area contributed by atoms with Crippen LogP contribution in [0.3, 0.4) is 0 Å². The number of hydrogen-bond acceptors (Lipinski definition) is 6. The number of benzene rings is 1. The van der Waals surface area contributed by atoms with E-state index < -0.39 is 6.36 Å². The van der Waals surface area contributed by atoms with Crippen LogP contribution in [-0.4, -0.2) is 22.9 Å². The normalized spacial score (nSPS) is 11.3. The summed E-state index contributed by atoms with van der Waals surface area (Å²) < 4.78 is 41.4. The van der Waals surface area contributed by atoms with E-state index >= 15 is 0 Å². The number of alkyl halides is 3. The molecule has 0 saturated carbocycles. The number of thiophene rings is 1. The molecule has 1 aromatic carbocycles. The highest BCUT2D eigenvalue weighted by atomic mass is 32.1. The highest BCUT2D eigenvalue weighted by molar-refractivity contribution is 7.09. The fraction of sp³-hybridized carbons (Fsp3) is 0.222. The van der Waals surface area contributed by atoms with Gasteiger partial charge in [0.1, 0.15) is 11.6 Å². The molecule has 9 heteroatoms. The van der Waals surface area contributed by atoms with Gasteiger partial charge in [-0.3, -0.25) is 0 Å². The lowest BCUT2D eigenvalue weighted by Crippen LogP contribution is -2.17. The van der Waals surface area contributed by atoms with E-state index in [-0.39, 0.29) is 5.75 Å². The van der Waals surface area contributed by atoms with Crippen LogP contribution in [0.4, 0.5) is 24.9 Å². The molecule has 0 unspecified atom stereocenters. The highest BCUT2D eigenvalue weighted by Gasteiger charge is 2.31. The monoisotopic (exact) mass is 394 g/mol. The van der Waals surface area contributed by atoms with Gasteiger partial charge in [0.05, 0.1) is 12.2 Å². The van der Waals surface area contributed by atoms with Crippen molar-refractivity contribution in [3.05, 3.63) is 52.7 Å². The number of hydrogen-bond donors (Lipinski definition) is 2. The van der Waals surface area contributed by atoms with Crippen LogP contribution in [0.15, 0.2) is 47.8 Å². The Labute approximate surface area is 158 Å². The SMILES string of the molecule is CCNc1nc(NCc2cccs2)cc(-c2cccc(OC(F)(F)F)c2)n1. The quantitative estimate of drug-likeness (QED) is 0.581. The standard InChI is InChI=1S/C18H17F3N4OS/c1-2-22-17-24-15(10-16(25-17)23-11-14-7-4-8-27-14)12-5-3-6-13(9-12)26-18(19,20)21/h3-10H,2,11H2,1H3,(H2,22,23,24,25). The molecule has 2 aromatic heterocycles. The summed E-state index contributed by atoms with van der Waals surface area (Å²) in [4.78, 5) is 9.91. The van der Waals surface area contributed by atoms with Crippen LogP contribution in [-0.2, 0) is 6.54 Å². The third kappa shape index (κ3) is 5.58. The Balaban J connectivity index is 1.88. The summed E-state index contributed by atoms with van der Waals surface area (Å²) in [6.45, 7) is 3.12. The number of ether oxygens (including phenoxy) is 1. The number of aromatic nitrogens is 2. The third-order valence-corrected chi connectivity index (χ3v) is 4.32. The van der Waals surface area contributed by atoms with Gasteiger partial charge in [0.25, 0.3) is 0 Å². The van der Waals surface area contributed by atoms with E-state index in [1.54, 1.807) is 23.5 Å². The van der Waals surface area contributed by atoms with Crippen LogP contribution in [0, 0.1) is 0 Å². The fourth-order valence-electron chi connectivity index (χ4n) is 2.37. The summed E-state index contributed by atoms with van der Waals surface area (Å²) >= 11 is 1.62. The summed E-state index contributed by atoms with van der Waals surface area (Å²) in [5, 5.41) is 8.23. The van der Waals surface area contributed by atoms with Gasteiger partial charge >= 0.3 is 6.36 Å². The van der Waals surface area contributed by atoms with E-state index in [0.717, 1.165) is 4.88 Å². The van der Waals surface area contributed by atoms with Crippen LogP contribution in [0.5, 0.6) is 5.75 Å². The summed E-state index contributed by atoms with van der Waals surface area (Å²) in [5.74, 6) is 0.675. The Bertz CT molecular complexity index is 885. The van der Waals surface area contributed by atoms with Crippen molar-refractivity contribution in [1.29, 1.82) is 0 Å². The highest BCUT2D eigenvalue weighted by Crippen LogP contribution is 2.28. The van der Waals surface area contributed by atoms with Crippen molar-refractivity contribution in [3.8, 4) is 17.0 Å². The number of rotatable bonds is 7. The molecule has 0 radical (unpaired) electrons. The molecule has 2 heterocycles. The van der Waals surface area contributed by atoms with E-state index in [4.69, 9.17) is 0 Å². The number of nitrogens with zero attached hydrogens (tertiary/aromatic N) is 2. The predicted molar refractivity (Wildman–Crippen MR) is 100.0 cm³/mol. The average Bonchev–Trinajstić information content (AvgIpc) is 3.12. The van der Waals surface area contributed by atoms with Crippen molar-refractivity contribution in [1.82, 2.24) is 9.97 Å². The molecule has 3 rings (SSSR count). The number of halogens is 3. The Kier molecular flexibility index (Phi) is 5.80. The summed E-state index contributed by atoms with van der Waals surface area (Å²) in [5.41, 5.74) is 0.986. The first-order valence-electron chi connectivity index (χ1n) is 8.18. The van der Waals surface area contributed by atoms with Gasteiger partial charge in [-0.2, -0.15) is 4.98 Å². The van der Waals surface area contributed by atoms with Crippen LogP contribution >= 0.6 is 11.3 Å². The zero-order chi connectivity index (χ0) is 19.3. The second-order valence-electron chi connectivity index (χ2n) is 5.50. The Morgan fingerprint density at radius 3 is 2.63 bits per heavy atom. The summed E-state index contributed by atoms with van der Waals surface area (Å²) in [6.07, 6.45) is -4.74. The molecule has 0 bridgehead atoms. The molecule has 142 valence electrons. The first-order chi connectivity index (χ1) is 12.9. The van der Waals surface area contributed by atoms with Gasteiger partial charge in [-0.1, -0.05) is 18.2 Å². The van der Waals surface area contributed by atoms with Gasteiger partial charge in [0.15, 0.2) is 0 Å². The van der Waals surface area contributed by atoms with Crippen LogP contribution in [0.25, 0.3) is 11.3 Å². The Hall–Kier alpha value is -2.81. The lowest BCUT2D eigenvalue weighted by molar-refractivity contribution is -0.274. The van der Waals surface area contributed by atoms with Crippen molar-refractivity contribution in [3.63, 3.8) is 0 Å². The molecule has 3 aromatic rings. The molecule has 0 aliphatic carbocycles. The fourth-order valence-corrected chi connectivity index (χ4v) is 3.01. The molecule has 0 amide bonds. The molecule has 0 spiro atoms. The maximum Gasteiger partial charge on any atom is 0.573 e. The summed E-state index contributed by atoms with van der Waals surface area (Å²) in [7, 11) is 0. The average molecular weight is 394 g/mol. The molecular formula is C18H17F3N4OS. The Morgan fingerprint density at radius 2 is 1.93 bits per heavy atom. The lowest BCUT2D eigenvalue weighted by atomic mass is 10.1. The van der Waals surface area contributed by atoms with Crippen molar-refractivity contribution in [2.75, 3.05) is 17.2 Å². The van der Waals surface area contributed by atoms with Crippen molar-refractivity contribution in [2.24, 2.45) is 0 Å². The largest absolute Gasteiger partial charge is 0.573 e. The van der Waals surface area contributed by atoms with E-state index in [9.17, 15) is 13.2 Å². The van der Waals surface area contributed by atoms with Crippen molar-refractivity contribution in [2.45, 2.75) is 19.8 Å². The molecule has 0 saturated heterocycles. The maximum atomic E-state index is 12.5. The first kappa shape index (κ1) is 19.0. The first-order valence-corrected chi connectivity index (χ1v) is 9.06.